The van der Waals surface area contributed by atoms with Crippen molar-refractivity contribution >= 4 is 11.3 Å². The van der Waals surface area contributed by atoms with Crippen molar-refractivity contribution in [3.63, 3.8) is 0 Å². The molecule has 6 heteroatoms. The third-order valence-electron chi connectivity index (χ3n) is 3.71. The summed E-state index contributed by atoms with van der Waals surface area (Å²) in [5.74, 6) is 1.83. The lowest BCUT2D eigenvalue weighted by Crippen LogP contribution is -2.15. The highest BCUT2D eigenvalue weighted by atomic mass is 32.1. The predicted octanol–water partition coefficient (Wildman–Crippen LogP) is 3.62. The molecule has 0 spiro atoms. The summed E-state index contributed by atoms with van der Waals surface area (Å²) in [6.45, 7) is 10.1. The second kappa shape index (κ2) is 6.83. The SMILES string of the molecule is Cc1nccn1-c1ccc(CNCc2csc(C(C)(C)C)n2)cn1. The van der Waals surface area contributed by atoms with Gasteiger partial charge in [0, 0.05) is 42.5 Å². The van der Waals surface area contributed by atoms with Crippen LogP contribution in [0, 0.1) is 6.92 Å². The normalized spacial score (nSPS) is 11.8. The maximum Gasteiger partial charge on any atom is 0.137 e. The van der Waals surface area contributed by atoms with Crippen LogP contribution in [0.2, 0.25) is 0 Å². The van der Waals surface area contributed by atoms with Crippen molar-refractivity contribution in [3.8, 4) is 5.82 Å². The highest BCUT2D eigenvalue weighted by molar-refractivity contribution is 7.09. The van der Waals surface area contributed by atoms with Crippen molar-refractivity contribution < 1.29 is 0 Å². The van der Waals surface area contributed by atoms with Crippen molar-refractivity contribution in [1.29, 1.82) is 0 Å². The number of aryl methyl sites for hydroxylation is 1. The molecule has 3 heterocycles. The molecule has 0 radical (unpaired) electrons. The molecular weight excluding hydrogens is 318 g/mol. The third-order valence-corrected chi connectivity index (χ3v) is 5.03. The van der Waals surface area contributed by atoms with E-state index in [1.54, 1.807) is 17.5 Å². The second-order valence-corrected chi connectivity index (χ2v) is 7.72. The fourth-order valence-electron chi connectivity index (χ4n) is 2.35. The van der Waals surface area contributed by atoms with E-state index in [1.807, 2.05) is 30.0 Å². The molecule has 0 fully saturated rings. The average Bonchev–Trinajstić information content (AvgIpc) is 3.17. The molecule has 0 aliphatic heterocycles. The Morgan fingerprint density at radius 2 is 2.00 bits per heavy atom. The van der Waals surface area contributed by atoms with E-state index in [-0.39, 0.29) is 5.41 Å². The Hall–Kier alpha value is -2.05. The summed E-state index contributed by atoms with van der Waals surface area (Å²) in [5.41, 5.74) is 2.38. The number of thiazole rings is 1. The first-order valence-electron chi connectivity index (χ1n) is 8.04. The van der Waals surface area contributed by atoms with Gasteiger partial charge in [0.1, 0.15) is 11.6 Å². The summed E-state index contributed by atoms with van der Waals surface area (Å²) in [5, 5.41) is 6.75. The lowest BCUT2D eigenvalue weighted by molar-refractivity contribution is 0.579. The smallest absolute Gasteiger partial charge is 0.137 e. The number of imidazole rings is 1. The summed E-state index contributed by atoms with van der Waals surface area (Å²) >= 11 is 1.73. The highest BCUT2D eigenvalue weighted by Crippen LogP contribution is 2.25. The zero-order chi connectivity index (χ0) is 17.2. The van der Waals surface area contributed by atoms with E-state index in [0.717, 1.165) is 36.0 Å². The molecule has 0 bridgehead atoms. The van der Waals surface area contributed by atoms with Crippen molar-refractivity contribution in [2.45, 2.75) is 46.2 Å². The first-order chi connectivity index (χ1) is 11.4. The second-order valence-electron chi connectivity index (χ2n) is 6.87. The minimum absolute atomic E-state index is 0.119. The van der Waals surface area contributed by atoms with Gasteiger partial charge in [-0.3, -0.25) is 4.57 Å². The monoisotopic (exact) mass is 341 g/mol. The van der Waals surface area contributed by atoms with Crippen LogP contribution in [0.4, 0.5) is 0 Å². The van der Waals surface area contributed by atoms with Crippen LogP contribution in [0.3, 0.4) is 0 Å². The number of aromatic nitrogens is 4. The molecule has 5 nitrogen and oxygen atoms in total. The Bertz CT molecular complexity index is 795. The summed E-state index contributed by atoms with van der Waals surface area (Å²) in [6, 6.07) is 4.11. The molecule has 24 heavy (non-hydrogen) atoms. The topological polar surface area (TPSA) is 55.6 Å². The molecule has 3 rings (SSSR count). The van der Waals surface area contributed by atoms with Crippen LogP contribution in [0.5, 0.6) is 0 Å². The summed E-state index contributed by atoms with van der Waals surface area (Å²) in [4.78, 5) is 13.4. The minimum Gasteiger partial charge on any atom is -0.307 e. The van der Waals surface area contributed by atoms with E-state index in [1.165, 1.54) is 5.01 Å². The fraction of sp³-hybridized carbons (Fsp3) is 0.389. The van der Waals surface area contributed by atoms with Gasteiger partial charge in [0.2, 0.25) is 0 Å². The molecule has 0 aliphatic rings. The molecule has 0 saturated heterocycles. The van der Waals surface area contributed by atoms with Gasteiger partial charge < -0.3 is 5.32 Å². The van der Waals surface area contributed by atoms with Crippen molar-refractivity contribution in [2.75, 3.05) is 0 Å². The predicted molar refractivity (Wildman–Crippen MR) is 97.5 cm³/mol. The number of hydrogen-bond donors (Lipinski definition) is 1. The Labute approximate surface area is 146 Å². The molecule has 3 aromatic heterocycles. The van der Waals surface area contributed by atoms with Crippen LogP contribution >= 0.6 is 11.3 Å². The third kappa shape index (κ3) is 3.88. The van der Waals surface area contributed by atoms with Gasteiger partial charge in [0.15, 0.2) is 0 Å². The number of nitrogens with zero attached hydrogens (tertiary/aromatic N) is 4. The Balaban J connectivity index is 1.56. The zero-order valence-corrected chi connectivity index (χ0v) is 15.4. The van der Waals surface area contributed by atoms with Crippen LogP contribution in [0.25, 0.3) is 5.82 Å². The molecule has 0 saturated carbocycles. The Kier molecular flexibility index (Phi) is 4.78. The van der Waals surface area contributed by atoms with E-state index in [2.05, 4.69) is 47.5 Å². The summed E-state index contributed by atoms with van der Waals surface area (Å²) in [7, 11) is 0. The molecule has 0 unspecified atom stereocenters. The largest absolute Gasteiger partial charge is 0.307 e. The number of rotatable bonds is 5. The molecule has 0 atom stereocenters. The lowest BCUT2D eigenvalue weighted by Gasteiger charge is -2.13. The van der Waals surface area contributed by atoms with E-state index in [9.17, 15) is 0 Å². The maximum atomic E-state index is 4.70. The first kappa shape index (κ1) is 16.8. The van der Waals surface area contributed by atoms with Crippen LogP contribution in [-0.2, 0) is 18.5 Å². The van der Waals surface area contributed by atoms with Gasteiger partial charge in [-0.1, -0.05) is 26.8 Å². The van der Waals surface area contributed by atoms with E-state index >= 15 is 0 Å². The van der Waals surface area contributed by atoms with E-state index < -0.39 is 0 Å². The number of pyridine rings is 1. The van der Waals surface area contributed by atoms with Crippen molar-refractivity contribution in [1.82, 2.24) is 24.8 Å². The van der Waals surface area contributed by atoms with E-state index in [0.29, 0.717) is 0 Å². The Morgan fingerprint density at radius 3 is 2.58 bits per heavy atom. The van der Waals surface area contributed by atoms with Crippen LogP contribution in [0.1, 0.15) is 42.9 Å². The zero-order valence-electron chi connectivity index (χ0n) is 14.6. The Morgan fingerprint density at radius 1 is 1.17 bits per heavy atom. The standard InChI is InChI=1S/C18H23N5S/c1-13-20-7-8-23(13)16-6-5-14(10-21-16)9-19-11-15-12-24-17(22-15)18(2,3)4/h5-8,10,12,19H,9,11H2,1-4H3. The molecule has 126 valence electrons. The molecule has 3 aromatic rings. The van der Waals surface area contributed by atoms with Gasteiger partial charge in [-0.15, -0.1) is 11.3 Å². The van der Waals surface area contributed by atoms with Gasteiger partial charge in [-0.25, -0.2) is 15.0 Å². The number of nitrogens with one attached hydrogen (secondary N) is 1. The van der Waals surface area contributed by atoms with Crippen molar-refractivity contribution in [2.24, 2.45) is 0 Å². The fourth-order valence-corrected chi connectivity index (χ4v) is 3.26. The van der Waals surface area contributed by atoms with E-state index in [4.69, 9.17) is 4.98 Å². The molecule has 0 aromatic carbocycles. The summed E-state index contributed by atoms with van der Waals surface area (Å²) < 4.78 is 1.97. The lowest BCUT2D eigenvalue weighted by atomic mass is 9.98. The quantitative estimate of drug-likeness (QED) is 0.770. The highest BCUT2D eigenvalue weighted by Gasteiger charge is 2.17. The van der Waals surface area contributed by atoms with Gasteiger partial charge in [-0.2, -0.15) is 0 Å². The number of hydrogen-bond acceptors (Lipinski definition) is 5. The van der Waals surface area contributed by atoms with Gasteiger partial charge in [-0.05, 0) is 18.6 Å². The van der Waals surface area contributed by atoms with Gasteiger partial charge in [0.05, 0.1) is 10.7 Å². The average molecular weight is 341 g/mol. The minimum atomic E-state index is 0.119. The van der Waals surface area contributed by atoms with Crippen LogP contribution < -0.4 is 5.32 Å². The molecule has 1 N–H and O–H groups in total. The first-order valence-corrected chi connectivity index (χ1v) is 8.92. The molecule has 0 amide bonds. The van der Waals surface area contributed by atoms with Gasteiger partial charge in [0.25, 0.3) is 0 Å². The van der Waals surface area contributed by atoms with Crippen molar-refractivity contribution in [3.05, 3.63) is 58.2 Å². The molecule has 0 aliphatic carbocycles. The van der Waals surface area contributed by atoms with Crippen LogP contribution in [-0.4, -0.2) is 19.5 Å². The maximum absolute atomic E-state index is 4.70. The van der Waals surface area contributed by atoms with Crippen LogP contribution in [0.15, 0.2) is 36.1 Å². The van der Waals surface area contributed by atoms with Gasteiger partial charge >= 0.3 is 0 Å². The summed E-state index contributed by atoms with van der Waals surface area (Å²) in [6.07, 6.45) is 5.61. The molecular formula is C18H23N5S.